The summed E-state index contributed by atoms with van der Waals surface area (Å²) in [6.45, 7) is 1.83. The topological polar surface area (TPSA) is 104 Å². The predicted octanol–water partition coefficient (Wildman–Crippen LogP) is 3.15. The number of aromatic nitrogens is 2. The second-order valence-electron chi connectivity index (χ2n) is 5.54. The molecule has 3 aromatic heterocycles. The molecule has 1 aliphatic rings. The van der Waals surface area contributed by atoms with E-state index in [1.807, 2.05) is 13.1 Å². The minimum Gasteiger partial charge on any atom is -0.444 e. The van der Waals surface area contributed by atoms with E-state index in [2.05, 4.69) is 9.36 Å². The van der Waals surface area contributed by atoms with Crippen LogP contribution in [0.25, 0.3) is 10.4 Å². The molecule has 122 valence electrons. The summed E-state index contributed by atoms with van der Waals surface area (Å²) in [7, 11) is 0. The predicted molar refractivity (Wildman–Crippen MR) is 94.8 cm³/mol. The molecule has 24 heavy (non-hydrogen) atoms. The molecule has 8 heteroatoms. The minimum absolute atomic E-state index is 0.425. The second kappa shape index (κ2) is 5.57. The molecule has 3 heterocycles. The SMILES string of the molecule is Cc1nc(N)ccc1Oc1sc(C(N)=O)c2c1-c1sncc1CC2. The zero-order chi connectivity index (χ0) is 16.8. The molecular weight excluding hydrogens is 344 g/mol. The van der Waals surface area contributed by atoms with Gasteiger partial charge in [-0.25, -0.2) is 9.36 Å². The van der Waals surface area contributed by atoms with Gasteiger partial charge in [0.15, 0.2) is 5.06 Å². The summed E-state index contributed by atoms with van der Waals surface area (Å²) in [5.74, 6) is 0.628. The highest BCUT2D eigenvalue weighted by atomic mass is 32.1. The summed E-state index contributed by atoms with van der Waals surface area (Å²) in [6, 6.07) is 3.47. The van der Waals surface area contributed by atoms with Crippen LogP contribution in [0.1, 0.15) is 26.5 Å². The van der Waals surface area contributed by atoms with Gasteiger partial charge < -0.3 is 16.2 Å². The number of hydrogen-bond acceptors (Lipinski definition) is 7. The molecule has 0 unspecified atom stereocenters. The quantitative estimate of drug-likeness (QED) is 0.748. The highest BCUT2D eigenvalue weighted by molar-refractivity contribution is 7.17. The van der Waals surface area contributed by atoms with Gasteiger partial charge in [-0.05, 0) is 54.6 Å². The third kappa shape index (κ3) is 2.35. The van der Waals surface area contributed by atoms with Crippen LogP contribution in [0.3, 0.4) is 0 Å². The molecule has 6 nitrogen and oxygen atoms in total. The number of nitrogen functional groups attached to an aromatic ring is 1. The Hall–Kier alpha value is -2.45. The number of amides is 1. The van der Waals surface area contributed by atoms with Gasteiger partial charge in [-0.15, -0.1) is 0 Å². The first-order chi connectivity index (χ1) is 11.5. The molecule has 0 saturated carbocycles. The first kappa shape index (κ1) is 15.1. The third-order valence-electron chi connectivity index (χ3n) is 3.98. The summed E-state index contributed by atoms with van der Waals surface area (Å²) < 4.78 is 10.4. The van der Waals surface area contributed by atoms with Gasteiger partial charge in [-0.3, -0.25) is 4.79 Å². The van der Waals surface area contributed by atoms with Crippen LogP contribution in [0.15, 0.2) is 18.3 Å². The molecule has 0 radical (unpaired) electrons. The molecule has 0 aliphatic heterocycles. The monoisotopic (exact) mass is 358 g/mol. The number of hydrogen-bond donors (Lipinski definition) is 2. The molecular formula is C16H14N4O2S2. The van der Waals surface area contributed by atoms with Crippen molar-refractivity contribution >= 4 is 34.6 Å². The van der Waals surface area contributed by atoms with E-state index in [0.29, 0.717) is 27.2 Å². The molecule has 3 aromatic rings. The fraction of sp³-hybridized carbons (Fsp3) is 0.188. The van der Waals surface area contributed by atoms with Gasteiger partial charge >= 0.3 is 0 Å². The zero-order valence-electron chi connectivity index (χ0n) is 12.8. The minimum atomic E-state index is -0.425. The normalized spacial score (nSPS) is 12.5. The van der Waals surface area contributed by atoms with Gasteiger partial charge in [0, 0.05) is 6.20 Å². The molecule has 1 amide bonds. The Bertz CT molecular complexity index is 961. The zero-order valence-corrected chi connectivity index (χ0v) is 14.5. The highest BCUT2D eigenvalue weighted by Gasteiger charge is 2.30. The lowest BCUT2D eigenvalue weighted by Crippen LogP contribution is -2.12. The molecule has 0 spiro atoms. The van der Waals surface area contributed by atoms with E-state index >= 15 is 0 Å². The first-order valence-electron chi connectivity index (χ1n) is 7.35. The van der Waals surface area contributed by atoms with Crippen LogP contribution in [-0.4, -0.2) is 15.3 Å². The molecule has 4 rings (SSSR count). The average Bonchev–Trinajstić information content (AvgIpc) is 3.14. The summed E-state index contributed by atoms with van der Waals surface area (Å²) in [4.78, 5) is 17.7. The van der Waals surface area contributed by atoms with E-state index in [0.717, 1.165) is 28.8 Å². The van der Waals surface area contributed by atoms with Crippen LogP contribution in [-0.2, 0) is 12.8 Å². The number of pyridine rings is 1. The molecule has 0 bridgehead atoms. The van der Waals surface area contributed by atoms with Crippen molar-refractivity contribution in [3.05, 3.63) is 40.0 Å². The molecule has 0 aromatic carbocycles. The number of carbonyl (C=O) groups excluding carboxylic acids is 1. The Balaban J connectivity index is 1.86. The molecule has 4 N–H and O–H groups in total. The number of nitrogens with zero attached hydrogens (tertiary/aromatic N) is 2. The number of carbonyl (C=O) groups is 1. The van der Waals surface area contributed by atoms with E-state index in [1.54, 1.807) is 12.1 Å². The van der Waals surface area contributed by atoms with Gasteiger partial charge in [0.2, 0.25) is 0 Å². The smallest absolute Gasteiger partial charge is 0.259 e. The van der Waals surface area contributed by atoms with Crippen molar-refractivity contribution in [3.63, 3.8) is 0 Å². The van der Waals surface area contributed by atoms with E-state index in [9.17, 15) is 4.79 Å². The van der Waals surface area contributed by atoms with Crippen LogP contribution in [0.2, 0.25) is 0 Å². The highest BCUT2D eigenvalue weighted by Crippen LogP contribution is 2.50. The Labute approximate surface area is 146 Å². The van der Waals surface area contributed by atoms with Gasteiger partial charge in [0.1, 0.15) is 11.6 Å². The van der Waals surface area contributed by atoms with Crippen molar-refractivity contribution in [1.29, 1.82) is 0 Å². The average molecular weight is 358 g/mol. The van der Waals surface area contributed by atoms with Crippen LogP contribution in [0.5, 0.6) is 10.8 Å². The maximum absolute atomic E-state index is 11.8. The number of rotatable bonds is 3. The lowest BCUT2D eigenvalue weighted by atomic mass is 9.93. The van der Waals surface area contributed by atoms with E-state index in [4.69, 9.17) is 16.2 Å². The molecule has 0 saturated heterocycles. The van der Waals surface area contributed by atoms with Gasteiger partial charge in [-0.1, -0.05) is 11.3 Å². The number of fused-ring (bicyclic) bond motifs is 3. The summed E-state index contributed by atoms with van der Waals surface area (Å²) in [5.41, 5.74) is 15.0. The van der Waals surface area contributed by atoms with Crippen molar-refractivity contribution < 1.29 is 9.53 Å². The number of aryl methyl sites for hydroxylation is 2. The maximum Gasteiger partial charge on any atom is 0.259 e. The number of ether oxygens (including phenoxy) is 1. The summed E-state index contributed by atoms with van der Waals surface area (Å²) >= 11 is 2.69. The van der Waals surface area contributed by atoms with Gasteiger partial charge in [0.25, 0.3) is 5.91 Å². The second-order valence-corrected chi connectivity index (χ2v) is 7.32. The van der Waals surface area contributed by atoms with Crippen molar-refractivity contribution in [1.82, 2.24) is 9.36 Å². The summed E-state index contributed by atoms with van der Waals surface area (Å²) in [6.07, 6.45) is 3.50. The van der Waals surface area contributed by atoms with Crippen LogP contribution in [0.4, 0.5) is 5.82 Å². The van der Waals surface area contributed by atoms with Gasteiger partial charge in [-0.2, -0.15) is 0 Å². The fourth-order valence-electron chi connectivity index (χ4n) is 2.86. The number of nitrogens with two attached hydrogens (primary N) is 2. The third-order valence-corrected chi connectivity index (χ3v) is 5.96. The number of primary amides is 1. The van der Waals surface area contributed by atoms with Crippen molar-refractivity contribution in [2.75, 3.05) is 5.73 Å². The fourth-order valence-corrected chi connectivity index (χ4v) is 4.86. The Kier molecular flexibility index (Phi) is 3.50. The Morgan fingerprint density at radius 2 is 2.17 bits per heavy atom. The number of thiophene rings is 1. The Morgan fingerprint density at radius 1 is 1.33 bits per heavy atom. The van der Waals surface area contributed by atoms with E-state index < -0.39 is 5.91 Å². The lowest BCUT2D eigenvalue weighted by molar-refractivity contribution is 0.100. The number of anilines is 1. The molecule has 1 aliphatic carbocycles. The van der Waals surface area contributed by atoms with Crippen LogP contribution in [0, 0.1) is 6.92 Å². The van der Waals surface area contributed by atoms with Crippen LogP contribution >= 0.6 is 22.9 Å². The van der Waals surface area contributed by atoms with Crippen LogP contribution < -0.4 is 16.2 Å². The van der Waals surface area contributed by atoms with Crippen molar-refractivity contribution in [2.45, 2.75) is 19.8 Å². The summed E-state index contributed by atoms with van der Waals surface area (Å²) in [5, 5.41) is 0.652. The largest absolute Gasteiger partial charge is 0.444 e. The first-order valence-corrected chi connectivity index (χ1v) is 8.94. The van der Waals surface area contributed by atoms with E-state index in [1.165, 1.54) is 28.4 Å². The molecule has 0 fully saturated rings. The van der Waals surface area contributed by atoms with E-state index in [-0.39, 0.29) is 0 Å². The standard InChI is InChI=1S/C16H14N4O2S2/c1-7-10(4-5-11(17)20-7)22-16-12-9(14(23-16)15(18)21)3-2-8-6-19-24-13(8)12/h4-6H,2-3H2,1H3,(H2,17,20)(H2,18,21). The Morgan fingerprint density at radius 3 is 2.92 bits per heavy atom. The van der Waals surface area contributed by atoms with Crippen molar-refractivity contribution in [2.24, 2.45) is 5.73 Å². The van der Waals surface area contributed by atoms with Gasteiger partial charge in [0.05, 0.1) is 21.0 Å². The molecule has 0 atom stereocenters. The lowest BCUT2D eigenvalue weighted by Gasteiger charge is -2.14. The maximum atomic E-state index is 11.8. The van der Waals surface area contributed by atoms with Crippen molar-refractivity contribution in [3.8, 4) is 21.3 Å².